The van der Waals surface area contributed by atoms with Gasteiger partial charge in [-0.2, -0.15) is 0 Å². The zero-order valence-corrected chi connectivity index (χ0v) is 14.6. The standard InChI is InChI=1S/C18H27N3O2/c1-18(2)12-14(7-8-19-18)13-5-6-15-16(11-13)23-17(22)21(15)10-9-20(3)4/h5-6,11,14,19H,7-10,12H2,1-4H3. The van der Waals surface area contributed by atoms with Gasteiger partial charge in [-0.1, -0.05) is 6.07 Å². The number of benzene rings is 1. The van der Waals surface area contributed by atoms with Gasteiger partial charge in [-0.05, 0) is 70.9 Å². The van der Waals surface area contributed by atoms with E-state index in [4.69, 9.17) is 4.42 Å². The number of likely N-dealkylation sites (N-methyl/N-ethyl adjacent to an activating group) is 1. The summed E-state index contributed by atoms with van der Waals surface area (Å²) in [6.07, 6.45) is 2.23. The number of fused-ring (bicyclic) bond motifs is 1. The van der Waals surface area contributed by atoms with Crippen LogP contribution < -0.4 is 11.1 Å². The summed E-state index contributed by atoms with van der Waals surface area (Å²) in [6.45, 7) is 6.99. The van der Waals surface area contributed by atoms with Gasteiger partial charge in [-0.15, -0.1) is 0 Å². The van der Waals surface area contributed by atoms with Gasteiger partial charge in [0.1, 0.15) is 0 Å². The largest absolute Gasteiger partial charge is 0.419 e. The van der Waals surface area contributed by atoms with Crippen LogP contribution in [0.1, 0.15) is 38.2 Å². The summed E-state index contributed by atoms with van der Waals surface area (Å²) < 4.78 is 7.22. The minimum Gasteiger partial charge on any atom is -0.408 e. The van der Waals surface area contributed by atoms with Crippen LogP contribution in [0.25, 0.3) is 11.1 Å². The van der Waals surface area contributed by atoms with Gasteiger partial charge >= 0.3 is 5.76 Å². The smallest absolute Gasteiger partial charge is 0.408 e. The Balaban J connectivity index is 1.89. The highest BCUT2D eigenvalue weighted by Crippen LogP contribution is 2.33. The first-order valence-electron chi connectivity index (χ1n) is 8.39. The fourth-order valence-corrected chi connectivity index (χ4v) is 3.51. The summed E-state index contributed by atoms with van der Waals surface area (Å²) in [5, 5.41) is 3.55. The summed E-state index contributed by atoms with van der Waals surface area (Å²) in [6, 6.07) is 6.27. The van der Waals surface area contributed by atoms with Gasteiger partial charge in [0.2, 0.25) is 0 Å². The van der Waals surface area contributed by atoms with E-state index >= 15 is 0 Å². The Bertz CT molecular complexity index is 742. The van der Waals surface area contributed by atoms with Crippen LogP contribution >= 0.6 is 0 Å². The molecule has 1 aliphatic heterocycles. The predicted molar refractivity (Wildman–Crippen MR) is 93.1 cm³/mol. The minimum atomic E-state index is -0.260. The van der Waals surface area contributed by atoms with Gasteiger partial charge < -0.3 is 14.6 Å². The molecule has 1 aromatic carbocycles. The summed E-state index contributed by atoms with van der Waals surface area (Å²) in [7, 11) is 4.01. The third-order valence-electron chi connectivity index (χ3n) is 4.79. The number of hydrogen-bond donors (Lipinski definition) is 1. The molecule has 0 spiro atoms. The number of hydrogen-bond acceptors (Lipinski definition) is 4. The number of piperidine rings is 1. The molecule has 1 fully saturated rings. The average molecular weight is 317 g/mol. The van der Waals surface area contributed by atoms with E-state index in [1.54, 1.807) is 4.57 Å². The Hall–Kier alpha value is -1.59. The van der Waals surface area contributed by atoms with Crippen molar-refractivity contribution in [2.75, 3.05) is 27.2 Å². The molecule has 0 radical (unpaired) electrons. The van der Waals surface area contributed by atoms with Crippen LogP contribution in [0.15, 0.2) is 27.4 Å². The highest BCUT2D eigenvalue weighted by atomic mass is 16.4. The number of nitrogens with zero attached hydrogens (tertiary/aromatic N) is 2. The second-order valence-electron chi connectivity index (χ2n) is 7.55. The van der Waals surface area contributed by atoms with Gasteiger partial charge in [-0.25, -0.2) is 4.79 Å². The van der Waals surface area contributed by atoms with E-state index in [-0.39, 0.29) is 11.3 Å². The lowest BCUT2D eigenvalue weighted by atomic mass is 9.80. The molecule has 0 bridgehead atoms. The Morgan fingerprint density at radius 1 is 1.39 bits per heavy atom. The van der Waals surface area contributed by atoms with Crippen LogP contribution in [0.5, 0.6) is 0 Å². The van der Waals surface area contributed by atoms with Crippen LogP contribution in [-0.2, 0) is 6.54 Å². The van der Waals surface area contributed by atoms with Gasteiger partial charge in [0.25, 0.3) is 0 Å². The Morgan fingerprint density at radius 2 is 2.17 bits per heavy atom. The van der Waals surface area contributed by atoms with Gasteiger partial charge in [0.15, 0.2) is 5.58 Å². The maximum Gasteiger partial charge on any atom is 0.419 e. The van der Waals surface area contributed by atoms with Crippen molar-refractivity contribution in [2.45, 2.75) is 44.7 Å². The zero-order chi connectivity index (χ0) is 16.6. The molecule has 1 atom stereocenters. The van der Waals surface area contributed by atoms with Gasteiger partial charge in [-0.3, -0.25) is 4.57 Å². The van der Waals surface area contributed by atoms with E-state index in [1.165, 1.54) is 5.56 Å². The molecule has 1 N–H and O–H groups in total. The molecule has 1 aromatic heterocycles. The number of nitrogens with one attached hydrogen (secondary N) is 1. The fraction of sp³-hybridized carbons (Fsp3) is 0.611. The monoisotopic (exact) mass is 317 g/mol. The van der Waals surface area contributed by atoms with Gasteiger partial charge in [0, 0.05) is 18.6 Å². The molecule has 1 aliphatic rings. The molecule has 3 rings (SSSR count). The first-order chi connectivity index (χ1) is 10.9. The number of rotatable bonds is 4. The summed E-state index contributed by atoms with van der Waals surface area (Å²) in [5.41, 5.74) is 3.05. The van der Waals surface area contributed by atoms with Crippen molar-refractivity contribution >= 4 is 11.1 Å². The highest BCUT2D eigenvalue weighted by Gasteiger charge is 2.28. The van der Waals surface area contributed by atoms with Crippen LogP contribution in [0.2, 0.25) is 0 Å². The summed E-state index contributed by atoms with van der Waals surface area (Å²) >= 11 is 0. The van der Waals surface area contributed by atoms with Crippen molar-refractivity contribution in [2.24, 2.45) is 0 Å². The van der Waals surface area contributed by atoms with Crippen molar-refractivity contribution in [1.82, 2.24) is 14.8 Å². The van der Waals surface area contributed by atoms with Gasteiger partial charge in [0.05, 0.1) is 5.52 Å². The van der Waals surface area contributed by atoms with E-state index in [0.717, 1.165) is 31.4 Å². The van der Waals surface area contributed by atoms with E-state index in [9.17, 15) is 4.79 Å². The van der Waals surface area contributed by atoms with Crippen molar-refractivity contribution in [3.05, 3.63) is 34.3 Å². The molecule has 23 heavy (non-hydrogen) atoms. The molecular weight excluding hydrogens is 290 g/mol. The average Bonchev–Trinajstić information content (AvgIpc) is 2.78. The number of oxazole rings is 1. The van der Waals surface area contributed by atoms with E-state index in [0.29, 0.717) is 18.0 Å². The maximum absolute atomic E-state index is 12.1. The lowest BCUT2D eigenvalue weighted by Crippen LogP contribution is -2.45. The second kappa shape index (κ2) is 6.13. The fourth-order valence-electron chi connectivity index (χ4n) is 3.51. The minimum absolute atomic E-state index is 0.163. The molecule has 0 amide bonds. The van der Waals surface area contributed by atoms with Crippen molar-refractivity contribution in [3.63, 3.8) is 0 Å². The lowest BCUT2D eigenvalue weighted by molar-refractivity contribution is 0.275. The van der Waals surface area contributed by atoms with Crippen molar-refractivity contribution in [1.29, 1.82) is 0 Å². The van der Waals surface area contributed by atoms with E-state index in [2.05, 4.69) is 36.2 Å². The Labute approximate surface area is 137 Å². The number of aromatic nitrogens is 1. The van der Waals surface area contributed by atoms with Crippen LogP contribution in [0, 0.1) is 0 Å². The molecule has 5 nitrogen and oxygen atoms in total. The normalized spacial score (nSPS) is 21.2. The third-order valence-corrected chi connectivity index (χ3v) is 4.79. The lowest BCUT2D eigenvalue weighted by Gasteiger charge is -2.36. The van der Waals surface area contributed by atoms with Crippen LogP contribution in [0.3, 0.4) is 0 Å². The summed E-state index contributed by atoms with van der Waals surface area (Å²) in [5.74, 6) is 0.260. The molecule has 2 heterocycles. The SMILES string of the molecule is CN(C)CCn1c(=O)oc2cc(C3CCNC(C)(C)C3)ccc21. The molecule has 1 saturated heterocycles. The molecule has 1 unspecified atom stereocenters. The molecule has 0 aliphatic carbocycles. The van der Waals surface area contributed by atoms with Crippen molar-refractivity contribution in [3.8, 4) is 0 Å². The van der Waals surface area contributed by atoms with E-state index in [1.807, 2.05) is 20.2 Å². The highest BCUT2D eigenvalue weighted by molar-refractivity contribution is 5.74. The molecule has 0 saturated carbocycles. The topological polar surface area (TPSA) is 50.4 Å². The molecular formula is C18H27N3O2. The van der Waals surface area contributed by atoms with E-state index < -0.39 is 0 Å². The maximum atomic E-state index is 12.1. The second-order valence-corrected chi connectivity index (χ2v) is 7.55. The first-order valence-corrected chi connectivity index (χ1v) is 8.39. The molecule has 2 aromatic rings. The molecule has 5 heteroatoms. The summed E-state index contributed by atoms with van der Waals surface area (Å²) in [4.78, 5) is 14.2. The Morgan fingerprint density at radius 3 is 2.87 bits per heavy atom. The first kappa shape index (κ1) is 16.3. The van der Waals surface area contributed by atoms with Crippen LogP contribution in [0.4, 0.5) is 0 Å². The van der Waals surface area contributed by atoms with Crippen LogP contribution in [-0.4, -0.2) is 42.2 Å². The Kier molecular flexibility index (Phi) is 4.34. The third kappa shape index (κ3) is 3.51. The zero-order valence-electron chi connectivity index (χ0n) is 14.6. The van der Waals surface area contributed by atoms with Crippen molar-refractivity contribution < 1.29 is 4.42 Å². The predicted octanol–water partition coefficient (Wildman–Crippen LogP) is 2.40. The molecule has 126 valence electrons. The quantitative estimate of drug-likeness (QED) is 0.941.